The number of carbonyl (C=O) groups excluding carboxylic acids is 2. The molecule has 1 aliphatic carbocycles. The Labute approximate surface area is 214 Å². The normalized spacial score (nSPS) is 21.2. The molecule has 3 aliphatic rings. The molecule has 9 heteroatoms. The van der Waals surface area contributed by atoms with Crippen molar-refractivity contribution < 1.29 is 14.3 Å². The largest absolute Gasteiger partial charge is 0.442 e. The van der Waals surface area contributed by atoms with Crippen LogP contribution in [-0.4, -0.2) is 62.4 Å². The van der Waals surface area contributed by atoms with Gasteiger partial charge >= 0.3 is 6.09 Å². The second kappa shape index (κ2) is 10.8. The lowest BCUT2D eigenvalue weighted by atomic mass is 9.88. The number of hydrogen-bond acceptors (Lipinski definition) is 6. The SMILES string of the molecule is O=C(NC[C@H]1CN(c2ccc(N3CCN(c4cccc(Br)n4)CC3)cc2)C(=O)O1)C1CCCCC1. The van der Waals surface area contributed by atoms with Crippen molar-refractivity contribution in [3.05, 3.63) is 47.1 Å². The highest BCUT2D eigenvalue weighted by Gasteiger charge is 2.33. The van der Waals surface area contributed by atoms with Gasteiger partial charge in [-0.05, 0) is 65.2 Å². The van der Waals surface area contributed by atoms with Gasteiger partial charge in [0.15, 0.2) is 0 Å². The van der Waals surface area contributed by atoms with E-state index < -0.39 is 0 Å². The van der Waals surface area contributed by atoms with Gasteiger partial charge in [-0.1, -0.05) is 25.3 Å². The van der Waals surface area contributed by atoms with E-state index in [2.05, 4.69) is 48.2 Å². The first-order valence-electron chi connectivity index (χ1n) is 12.6. The average molecular weight is 542 g/mol. The van der Waals surface area contributed by atoms with Gasteiger partial charge in [0.2, 0.25) is 5.91 Å². The third-order valence-electron chi connectivity index (χ3n) is 7.18. The van der Waals surface area contributed by atoms with Gasteiger partial charge in [-0.2, -0.15) is 0 Å². The number of nitrogens with one attached hydrogen (secondary N) is 1. The van der Waals surface area contributed by atoms with E-state index in [0.717, 1.165) is 73.7 Å². The number of carbonyl (C=O) groups is 2. The molecule has 1 saturated carbocycles. The molecule has 1 aromatic heterocycles. The van der Waals surface area contributed by atoms with Gasteiger partial charge in [0.25, 0.3) is 0 Å². The number of pyridine rings is 1. The molecule has 35 heavy (non-hydrogen) atoms. The highest BCUT2D eigenvalue weighted by Crippen LogP contribution is 2.27. The molecule has 5 rings (SSSR count). The lowest BCUT2D eigenvalue weighted by molar-refractivity contribution is -0.126. The Morgan fingerprint density at radius 1 is 0.971 bits per heavy atom. The Bertz CT molecular complexity index is 1040. The number of amides is 2. The first-order chi connectivity index (χ1) is 17.1. The highest BCUT2D eigenvalue weighted by atomic mass is 79.9. The van der Waals surface area contributed by atoms with Crippen LogP contribution >= 0.6 is 15.9 Å². The van der Waals surface area contributed by atoms with Gasteiger partial charge in [0, 0.05) is 43.5 Å². The molecular formula is C26H32BrN5O3. The molecule has 2 aromatic rings. The monoisotopic (exact) mass is 541 g/mol. The maximum atomic E-state index is 12.5. The summed E-state index contributed by atoms with van der Waals surface area (Å²) in [4.78, 5) is 35.8. The number of hydrogen-bond donors (Lipinski definition) is 1. The van der Waals surface area contributed by atoms with E-state index >= 15 is 0 Å². The third kappa shape index (κ3) is 5.72. The molecule has 3 fully saturated rings. The predicted molar refractivity (Wildman–Crippen MR) is 140 cm³/mol. The first kappa shape index (κ1) is 23.9. The van der Waals surface area contributed by atoms with Crippen molar-refractivity contribution in [1.29, 1.82) is 0 Å². The molecule has 3 heterocycles. The van der Waals surface area contributed by atoms with Gasteiger partial charge in [-0.3, -0.25) is 9.69 Å². The Hall–Kier alpha value is -2.81. The quantitative estimate of drug-likeness (QED) is 0.552. The molecule has 1 N–H and O–H groups in total. The number of piperazine rings is 1. The van der Waals surface area contributed by atoms with E-state index in [0.29, 0.717) is 13.1 Å². The van der Waals surface area contributed by atoms with E-state index in [9.17, 15) is 9.59 Å². The zero-order chi connectivity index (χ0) is 24.2. The summed E-state index contributed by atoms with van der Waals surface area (Å²) >= 11 is 3.45. The Morgan fingerprint density at radius 2 is 1.66 bits per heavy atom. The lowest BCUT2D eigenvalue weighted by Crippen LogP contribution is -2.46. The molecule has 2 saturated heterocycles. The molecular weight excluding hydrogens is 510 g/mol. The molecule has 1 aromatic carbocycles. The number of nitrogens with zero attached hydrogens (tertiary/aromatic N) is 4. The van der Waals surface area contributed by atoms with E-state index in [1.807, 2.05) is 30.3 Å². The molecule has 2 amide bonds. The maximum Gasteiger partial charge on any atom is 0.414 e. The number of rotatable bonds is 6. The molecule has 8 nitrogen and oxygen atoms in total. The van der Waals surface area contributed by atoms with Crippen LogP contribution in [0.3, 0.4) is 0 Å². The molecule has 0 bridgehead atoms. The molecule has 186 valence electrons. The number of anilines is 3. The van der Waals surface area contributed by atoms with E-state index in [-0.39, 0.29) is 24.0 Å². The van der Waals surface area contributed by atoms with Crippen molar-refractivity contribution in [2.45, 2.75) is 38.2 Å². The van der Waals surface area contributed by atoms with Crippen LogP contribution in [0, 0.1) is 5.92 Å². The van der Waals surface area contributed by atoms with Gasteiger partial charge in [0.1, 0.15) is 16.5 Å². The van der Waals surface area contributed by atoms with Crippen LogP contribution in [-0.2, 0) is 9.53 Å². The van der Waals surface area contributed by atoms with Gasteiger partial charge in [0.05, 0.1) is 13.1 Å². The minimum Gasteiger partial charge on any atom is -0.442 e. The highest BCUT2D eigenvalue weighted by molar-refractivity contribution is 9.10. The summed E-state index contributed by atoms with van der Waals surface area (Å²) in [6, 6.07) is 14.1. The van der Waals surface area contributed by atoms with Crippen LogP contribution in [0.25, 0.3) is 0 Å². The van der Waals surface area contributed by atoms with Crippen LogP contribution in [0.2, 0.25) is 0 Å². The van der Waals surface area contributed by atoms with Crippen LogP contribution in [0.1, 0.15) is 32.1 Å². The van der Waals surface area contributed by atoms with E-state index in [1.165, 1.54) is 6.42 Å². The average Bonchev–Trinajstić information content (AvgIpc) is 3.28. The second-order valence-electron chi connectivity index (χ2n) is 9.51. The minimum atomic E-state index is -0.357. The smallest absolute Gasteiger partial charge is 0.414 e. The number of ether oxygens (including phenoxy) is 1. The van der Waals surface area contributed by atoms with Crippen LogP contribution < -0.4 is 20.0 Å². The molecule has 0 radical (unpaired) electrons. The third-order valence-corrected chi connectivity index (χ3v) is 7.63. The van der Waals surface area contributed by atoms with Crippen LogP contribution in [0.5, 0.6) is 0 Å². The summed E-state index contributed by atoms with van der Waals surface area (Å²) in [5, 5.41) is 3.00. The number of benzene rings is 1. The fourth-order valence-corrected chi connectivity index (χ4v) is 5.51. The molecule has 0 unspecified atom stereocenters. The van der Waals surface area contributed by atoms with Crippen molar-refractivity contribution in [2.75, 3.05) is 54.0 Å². The van der Waals surface area contributed by atoms with Gasteiger partial charge in [-0.15, -0.1) is 0 Å². The lowest BCUT2D eigenvalue weighted by Gasteiger charge is -2.36. The van der Waals surface area contributed by atoms with Crippen LogP contribution in [0.4, 0.5) is 22.0 Å². The summed E-state index contributed by atoms with van der Waals surface area (Å²) in [6.07, 6.45) is 4.71. The Kier molecular flexibility index (Phi) is 7.41. The molecule has 2 aliphatic heterocycles. The van der Waals surface area contributed by atoms with Crippen molar-refractivity contribution in [3.63, 3.8) is 0 Å². The summed E-state index contributed by atoms with van der Waals surface area (Å²) < 4.78 is 6.37. The Morgan fingerprint density at radius 3 is 2.37 bits per heavy atom. The second-order valence-corrected chi connectivity index (χ2v) is 10.3. The van der Waals surface area contributed by atoms with E-state index in [4.69, 9.17) is 4.74 Å². The summed E-state index contributed by atoms with van der Waals surface area (Å²) in [5.74, 6) is 1.20. The topological polar surface area (TPSA) is 78.0 Å². The summed E-state index contributed by atoms with van der Waals surface area (Å²) in [7, 11) is 0. The van der Waals surface area contributed by atoms with Gasteiger partial charge < -0.3 is 19.9 Å². The van der Waals surface area contributed by atoms with Crippen molar-refractivity contribution >= 4 is 45.1 Å². The zero-order valence-corrected chi connectivity index (χ0v) is 21.5. The minimum absolute atomic E-state index is 0.0966. The fourth-order valence-electron chi connectivity index (χ4n) is 5.17. The fraction of sp³-hybridized carbons (Fsp3) is 0.500. The molecule has 1 atom stereocenters. The Balaban J connectivity index is 1.12. The predicted octanol–water partition coefficient (Wildman–Crippen LogP) is 4.19. The zero-order valence-electron chi connectivity index (χ0n) is 19.9. The number of halogens is 1. The van der Waals surface area contributed by atoms with Crippen LogP contribution in [0.15, 0.2) is 47.1 Å². The van der Waals surface area contributed by atoms with Gasteiger partial charge in [-0.25, -0.2) is 9.78 Å². The first-order valence-corrected chi connectivity index (χ1v) is 13.3. The standard InChI is InChI=1S/C26H32BrN5O3/c27-23-7-4-8-24(29-23)31-15-13-30(14-16-31)20-9-11-21(12-10-20)32-18-22(35-26(32)34)17-28-25(33)19-5-2-1-3-6-19/h4,7-12,19,22H,1-3,5-6,13-18H2,(H,28,33)/t22-/m0/s1. The summed E-state index contributed by atoms with van der Waals surface area (Å²) in [5.41, 5.74) is 1.95. The molecule has 0 spiro atoms. The van der Waals surface area contributed by atoms with Crippen molar-refractivity contribution in [2.24, 2.45) is 5.92 Å². The summed E-state index contributed by atoms with van der Waals surface area (Å²) in [6.45, 7) is 4.42. The maximum absolute atomic E-state index is 12.5. The van der Waals surface area contributed by atoms with Crippen molar-refractivity contribution in [1.82, 2.24) is 10.3 Å². The van der Waals surface area contributed by atoms with E-state index in [1.54, 1.807) is 4.90 Å². The number of cyclic esters (lactones) is 1. The number of aromatic nitrogens is 1. The van der Waals surface area contributed by atoms with Crippen molar-refractivity contribution in [3.8, 4) is 0 Å².